The molecule has 1 aromatic rings. The summed E-state index contributed by atoms with van der Waals surface area (Å²) >= 11 is 10.8. The lowest BCUT2D eigenvalue weighted by Gasteiger charge is -2.01. The molecule has 0 aromatic heterocycles. The van der Waals surface area contributed by atoms with Crippen molar-refractivity contribution < 1.29 is 8.78 Å². The van der Waals surface area contributed by atoms with E-state index >= 15 is 0 Å². The summed E-state index contributed by atoms with van der Waals surface area (Å²) in [6.45, 7) is 0. The highest BCUT2D eigenvalue weighted by Gasteiger charge is 2.12. The molecule has 0 unspecified atom stereocenters. The molecule has 0 fully saturated rings. The maximum absolute atomic E-state index is 12.5. The van der Waals surface area contributed by atoms with Crippen molar-refractivity contribution in [2.24, 2.45) is 0 Å². The van der Waals surface area contributed by atoms with Gasteiger partial charge >= 0.3 is 0 Å². The number of hydrogen-bond donors (Lipinski definition) is 1. The number of halogens is 4. The van der Waals surface area contributed by atoms with E-state index in [4.69, 9.17) is 28.9 Å². The largest absolute Gasteiger partial charge is 0.395 e. The lowest BCUT2D eigenvalue weighted by molar-refractivity contribution is 0.512. The second kappa shape index (κ2) is 2.83. The van der Waals surface area contributed by atoms with Gasteiger partial charge in [0, 0.05) is 0 Å². The predicted molar refractivity (Wildman–Crippen MR) is 40.8 cm³/mol. The summed E-state index contributed by atoms with van der Waals surface area (Å²) in [5.74, 6) is -2.27. The van der Waals surface area contributed by atoms with Gasteiger partial charge < -0.3 is 5.73 Å². The maximum atomic E-state index is 12.5. The Hall–Kier alpha value is -0.540. The van der Waals surface area contributed by atoms with E-state index in [-0.39, 0.29) is 10.0 Å². The molecule has 0 atom stereocenters. The second-order valence-corrected chi connectivity index (χ2v) is 2.67. The monoisotopic (exact) mass is 197 g/mol. The van der Waals surface area contributed by atoms with Crippen molar-refractivity contribution >= 4 is 28.9 Å². The molecule has 0 aliphatic rings. The summed E-state index contributed by atoms with van der Waals surface area (Å²) in [5, 5.41) is -0.256. The van der Waals surface area contributed by atoms with Crippen molar-refractivity contribution in [3.63, 3.8) is 0 Å². The van der Waals surface area contributed by atoms with Crippen molar-refractivity contribution in [2.45, 2.75) is 0 Å². The van der Waals surface area contributed by atoms with Crippen LogP contribution >= 0.6 is 23.2 Å². The molecule has 0 heterocycles. The van der Waals surface area contributed by atoms with Crippen molar-refractivity contribution in [2.75, 3.05) is 5.73 Å². The summed E-state index contributed by atoms with van der Waals surface area (Å²) in [6, 6.07) is 0.773. The molecule has 0 saturated carbocycles. The van der Waals surface area contributed by atoms with Gasteiger partial charge in [0.25, 0.3) is 0 Å². The molecule has 0 amide bonds. The highest BCUT2D eigenvalue weighted by Crippen LogP contribution is 2.31. The molecular weight excluding hydrogens is 195 g/mol. The highest BCUT2D eigenvalue weighted by molar-refractivity contribution is 6.43. The van der Waals surface area contributed by atoms with E-state index in [0.717, 1.165) is 6.07 Å². The Morgan fingerprint density at radius 1 is 1.27 bits per heavy atom. The minimum atomic E-state index is -1.17. The van der Waals surface area contributed by atoms with Gasteiger partial charge in [-0.15, -0.1) is 0 Å². The first-order chi connectivity index (χ1) is 5.04. The Morgan fingerprint density at radius 2 is 1.82 bits per heavy atom. The Balaban J connectivity index is 3.46. The number of nitrogen functional groups attached to an aromatic ring is 1. The van der Waals surface area contributed by atoms with E-state index < -0.39 is 17.3 Å². The third-order valence-corrected chi connectivity index (χ3v) is 1.95. The van der Waals surface area contributed by atoms with Gasteiger partial charge in [-0.05, 0) is 6.07 Å². The van der Waals surface area contributed by atoms with Crippen LogP contribution in [0.25, 0.3) is 0 Å². The SMILES string of the molecule is Nc1c(F)c(F)cc(Cl)c1Cl. The fourth-order valence-corrected chi connectivity index (χ4v) is 0.927. The zero-order chi connectivity index (χ0) is 8.59. The van der Waals surface area contributed by atoms with Crippen molar-refractivity contribution in [3.05, 3.63) is 27.7 Å². The van der Waals surface area contributed by atoms with Crippen LogP contribution in [0.1, 0.15) is 0 Å². The van der Waals surface area contributed by atoms with E-state index in [0.29, 0.717) is 0 Å². The molecule has 1 rings (SSSR count). The van der Waals surface area contributed by atoms with Crippen LogP contribution in [0, 0.1) is 11.6 Å². The fraction of sp³-hybridized carbons (Fsp3) is 0. The molecule has 0 aliphatic carbocycles. The average Bonchev–Trinajstić information content (AvgIpc) is 1.97. The minimum Gasteiger partial charge on any atom is -0.395 e. The highest BCUT2D eigenvalue weighted by atomic mass is 35.5. The molecule has 11 heavy (non-hydrogen) atoms. The van der Waals surface area contributed by atoms with E-state index in [1.807, 2.05) is 0 Å². The molecule has 0 bridgehead atoms. The third kappa shape index (κ3) is 1.39. The van der Waals surface area contributed by atoms with Gasteiger partial charge in [0.1, 0.15) is 0 Å². The molecule has 0 spiro atoms. The molecule has 0 radical (unpaired) electrons. The van der Waals surface area contributed by atoms with Gasteiger partial charge in [-0.1, -0.05) is 23.2 Å². The normalized spacial score (nSPS) is 10.2. The van der Waals surface area contributed by atoms with Gasteiger partial charge in [-0.25, -0.2) is 8.78 Å². The fourth-order valence-electron chi connectivity index (χ4n) is 0.592. The molecule has 2 N–H and O–H groups in total. The first-order valence-electron chi connectivity index (χ1n) is 2.62. The van der Waals surface area contributed by atoms with E-state index in [9.17, 15) is 8.78 Å². The van der Waals surface area contributed by atoms with Gasteiger partial charge in [0.15, 0.2) is 11.6 Å². The topological polar surface area (TPSA) is 26.0 Å². The lowest BCUT2D eigenvalue weighted by atomic mass is 10.3. The van der Waals surface area contributed by atoms with Crippen molar-refractivity contribution in [1.82, 2.24) is 0 Å². The van der Waals surface area contributed by atoms with Gasteiger partial charge in [-0.2, -0.15) is 0 Å². The van der Waals surface area contributed by atoms with Crippen LogP contribution in [0.3, 0.4) is 0 Å². The predicted octanol–water partition coefficient (Wildman–Crippen LogP) is 2.85. The molecule has 60 valence electrons. The van der Waals surface area contributed by atoms with Crippen LogP contribution in [-0.2, 0) is 0 Å². The summed E-state index contributed by atoms with van der Waals surface area (Å²) < 4.78 is 25.0. The Kier molecular flexibility index (Phi) is 2.20. The first kappa shape index (κ1) is 8.56. The Labute approximate surface area is 71.7 Å². The number of nitrogens with two attached hydrogens (primary N) is 1. The first-order valence-corrected chi connectivity index (χ1v) is 3.38. The van der Waals surface area contributed by atoms with Gasteiger partial charge in [0.2, 0.25) is 0 Å². The number of hydrogen-bond acceptors (Lipinski definition) is 1. The molecule has 1 aromatic carbocycles. The zero-order valence-electron chi connectivity index (χ0n) is 5.17. The zero-order valence-corrected chi connectivity index (χ0v) is 6.68. The maximum Gasteiger partial charge on any atom is 0.183 e. The van der Waals surface area contributed by atoms with Crippen LogP contribution in [0.15, 0.2) is 6.07 Å². The smallest absolute Gasteiger partial charge is 0.183 e. The summed E-state index contributed by atoms with van der Waals surface area (Å²) in [4.78, 5) is 0. The number of rotatable bonds is 0. The standard InChI is InChI=1S/C6H3Cl2F2N/c7-2-1-3(9)5(10)6(11)4(2)8/h1H,11H2. The van der Waals surface area contributed by atoms with E-state index in [2.05, 4.69) is 0 Å². The van der Waals surface area contributed by atoms with Crippen LogP contribution < -0.4 is 5.73 Å². The Morgan fingerprint density at radius 3 is 2.36 bits per heavy atom. The van der Waals surface area contributed by atoms with Gasteiger partial charge in [0.05, 0.1) is 15.7 Å². The molecular formula is C6H3Cl2F2N. The molecule has 0 saturated heterocycles. The molecule has 1 nitrogen and oxygen atoms in total. The van der Waals surface area contributed by atoms with Crippen LogP contribution in [0.4, 0.5) is 14.5 Å². The summed E-state index contributed by atoms with van der Waals surface area (Å²) in [7, 11) is 0. The summed E-state index contributed by atoms with van der Waals surface area (Å²) in [6.07, 6.45) is 0. The average molecular weight is 198 g/mol. The van der Waals surface area contributed by atoms with Crippen LogP contribution in [0.2, 0.25) is 10.0 Å². The Bertz CT molecular complexity index is 275. The number of benzene rings is 1. The quantitative estimate of drug-likeness (QED) is 0.503. The van der Waals surface area contributed by atoms with Crippen molar-refractivity contribution in [3.8, 4) is 0 Å². The molecule has 0 aliphatic heterocycles. The van der Waals surface area contributed by atoms with E-state index in [1.165, 1.54) is 0 Å². The summed E-state index contributed by atoms with van der Waals surface area (Å²) in [5.41, 5.74) is 4.59. The lowest BCUT2D eigenvalue weighted by Crippen LogP contribution is -1.95. The van der Waals surface area contributed by atoms with Gasteiger partial charge in [-0.3, -0.25) is 0 Å². The van der Waals surface area contributed by atoms with Crippen LogP contribution in [0.5, 0.6) is 0 Å². The van der Waals surface area contributed by atoms with Crippen LogP contribution in [-0.4, -0.2) is 0 Å². The second-order valence-electron chi connectivity index (χ2n) is 1.88. The molecule has 5 heteroatoms. The van der Waals surface area contributed by atoms with E-state index in [1.54, 1.807) is 0 Å². The minimum absolute atomic E-state index is 0.0944. The van der Waals surface area contributed by atoms with Crippen molar-refractivity contribution in [1.29, 1.82) is 0 Å². The number of anilines is 1. The third-order valence-electron chi connectivity index (χ3n) is 1.15.